The summed E-state index contributed by atoms with van der Waals surface area (Å²) in [4.78, 5) is 2.17. The second-order valence-corrected chi connectivity index (χ2v) is 4.21. The van der Waals surface area contributed by atoms with Gasteiger partial charge in [-0.15, -0.1) is 0 Å². The molecule has 0 saturated carbocycles. The van der Waals surface area contributed by atoms with Crippen LogP contribution >= 0.6 is 0 Å². The van der Waals surface area contributed by atoms with Crippen molar-refractivity contribution in [3.63, 3.8) is 0 Å². The predicted octanol–water partition coefficient (Wildman–Crippen LogP) is 2.27. The van der Waals surface area contributed by atoms with E-state index in [2.05, 4.69) is 38.2 Å². The molecule has 2 atom stereocenters. The lowest BCUT2D eigenvalue weighted by molar-refractivity contribution is 0.244. The smallest absolute Gasteiger partial charge is 0.122 e. The molecule has 0 aliphatic heterocycles. The Morgan fingerprint density at radius 2 is 2.20 bits per heavy atom. The lowest BCUT2D eigenvalue weighted by Gasteiger charge is -2.24. The second kappa shape index (κ2) is 5.93. The number of nitrogens with one attached hydrogen (secondary N) is 1. The van der Waals surface area contributed by atoms with Gasteiger partial charge >= 0.3 is 0 Å². The van der Waals surface area contributed by atoms with Crippen LogP contribution in [-0.4, -0.2) is 31.6 Å². The highest BCUT2D eigenvalue weighted by Crippen LogP contribution is 2.17. The van der Waals surface area contributed by atoms with Gasteiger partial charge in [0.1, 0.15) is 5.76 Å². The van der Waals surface area contributed by atoms with Crippen molar-refractivity contribution in [3.8, 4) is 0 Å². The number of nitrogens with zero attached hydrogens (tertiary/aromatic N) is 1. The minimum absolute atomic E-state index is 0.314. The summed E-state index contributed by atoms with van der Waals surface area (Å²) in [5, 5.41) is 3.50. The molecule has 0 radical (unpaired) electrons. The van der Waals surface area contributed by atoms with Crippen LogP contribution in [0.3, 0.4) is 0 Å². The van der Waals surface area contributed by atoms with Crippen LogP contribution in [0.25, 0.3) is 0 Å². The summed E-state index contributed by atoms with van der Waals surface area (Å²) in [7, 11) is 4.15. The normalized spacial score (nSPS) is 15.5. The summed E-state index contributed by atoms with van der Waals surface area (Å²) < 4.78 is 5.44. The maximum atomic E-state index is 5.44. The molecule has 1 N–H and O–H groups in total. The van der Waals surface area contributed by atoms with E-state index in [9.17, 15) is 0 Å². The topological polar surface area (TPSA) is 28.4 Å². The van der Waals surface area contributed by atoms with Gasteiger partial charge in [-0.25, -0.2) is 0 Å². The van der Waals surface area contributed by atoms with E-state index in [-0.39, 0.29) is 0 Å². The lowest BCUT2D eigenvalue weighted by Crippen LogP contribution is -2.35. The molecule has 0 aromatic carbocycles. The Labute approximate surface area is 92.5 Å². The highest BCUT2D eigenvalue weighted by Gasteiger charge is 2.16. The summed E-state index contributed by atoms with van der Waals surface area (Å²) in [6.45, 7) is 5.32. The first-order valence-corrected chi connectivity index (χ1v) is 5.58. The zero-order valence-electron chi connectivity index (χ0n) is 10.2. The van der Waals surface area contributed by atoms with E-state index in [0.717, 1.165) is 18.7 Å². The highest BCUT2D eigenvalue weighted by atomic mass is 16.3. The molecule has 86 valence electrons. The number of likely N-dealkylation sites (N-methyl/N-ethyl adjacent to an activating group) is 1. The molecule has 15 heavy (non-hydrogen) atoms. The molecule has 0 fully saturated rings. The Bertz CT molecular complexity index is 257. The number of rotatable bonds is 6. The van der Waals surface area contributed by atoms with Crippen molar-refractivity contribution < 1.29 is 4.42 Å². The van der Waals surface area contributed by atoms with Crippen molar-refractivity contribution in [3.05, 3.63) is 24.2 Å². The Kier molecular flexibility index (Phi) is 4.85. The van der Waals surface area contributed by atoms with Crippen molar-refractivity contribution >= 4 is 0 Å². The molecule has 0 saturated heterocycles. The van der Waals surface area contributed by atoms with Gasteiger partial charge in [0, 0.05) is 12.6 Å². The molecule has 0 bridgehead atoms. The summed E-state index contributed by atoms with van der Waals surface area (Å²) in [5.41, 5.74) is 0. The average Bonchev–Trinajstić information content (AvgIpc) is 2.70. The number of hydrogen-bond donors (Lipinski definition) is 1. The monoisotopic (exact) mass is 210 g/mol. The summed E-state index contributed by atoms with van der Waals surface area (Å²) in [6, 6.07) is 4.84. The van der Waals surface area contributed by atoms with Gasteiger partial charge in [0.05, 0.1) is 12.3 Å². The van der Waals surface area contributed by atoms with E-state index in [1.54, 1.807) is 6.26 Å². The van der Waals surface area contributed by atoms with E-state index in [1.807, 2.05) is 12.1 Å². The third-order valence-corrected chi connectivity index (χ3v) is 2.77. The fraction of sp³-hybridized carbons (Fsp3) is 0.667. The van der Waals surface area contributed by atoms with E-state index in [0.29, 0.717) is 12.1 Å². The first-order valence-electron chi connectivity index (χ1n) is 5.58. The molecule has 0 aliphatic rings. The van der Waals surface area contributed by atoms with Gasteiger partial charge in [0.15, 0.2) is 0 Å². The largest absolute Gasteiger partial charge is 0.468 e. The molecule has 1 aromatic heterocycles. The summed E-state index contributed by atoms with van der Waals surface area (Å²) in [5.74, 6) is 1.02. The first kappa shape index (κ1) is 12.3. The number of furan rings is 1. The van der Waals surface area contributed by atoms with E-state index < -0.39 is 0 Å². The third kappa shape index (κ3) is 3.68. The highest BCUT2D eigenvalue weighted by molar-refractivity contribution is 5.05. The second-order valence-electron chi connectivity index (χ2n) is 4.21. The van der Waals surface area contributed by atoms with Crippen molar-refractivity contribution in [2.45, 2.75) is 32.4 Å². The Balaban J connectivity index is 2.53. The molecule has 1 rings (SSSR count). The van der Waals surface area contributed by atoms with Gasteiger partial charge in [0.25, 0.3) is 0 Å². The van der Waals surface area contributed by atoms with Crippen LogP contribution in [-0.2, 0) is 0 Å². The maximum Gasteiger partial charge on any atom is 0.122 e. The lowest BCUT2D eigenvalue weighted by atomic mass is 10.2. The van der Waals surface area contributed by atoms with Crippen LogP contribution in [0.1, 0.15) is 32.1 Å². The molecule has 1 heterocycles. The minimum atomic E-state index is 0.314. The zero-order chi connectivity index (χ0) is 11.3. The van der Waals surface area contributed by atoms with E-state index >= 15 is 0 Å². The number of hydrogen-bond acceptors (Lipinski definition) is 3. The van der Waals surface area contributed by atoms with Crippen LogP contribution in [0.4, 0.5) is 0 Å². The van der Waals surface area contributed by atoms with Crippen LogP contribution in [0, 0.1) is 0 Å². The fourth-order valence-corrected chi connectivity index (χ4v) is 1.48. The standard InChI is InChI=1S/C12H22N2O/c1-5-10(2)13-9-11(14(3)4)12-7-6-8-15-12/h6-8,10-11,13H,5,9H2,1-4H3/t10-,11+/m0/s1. The molecular weight excluding hydrogens is 188 g/mol. The fourth-order valence-electron chi connectivity index (χ4n) is 1.48. The molecule has 0 spiro atoms. The van der Waals surface area contributed by atoms with Gasteiger partial charge in [0.2, 0.25) is 0 Å². The van der Waals surface area contributed by atoms with Crippen molar-refractivity contribution in [2.75, 3.05) is 20.6 Å². The van der Waals surface area contributed by atoms with Crippen LogP contribution < -0.4 is 5.32 Å². The van der Waals surface area contributed by atoms with E-state index in [1.165, 1.54) is 0 Å². The van der Waals surface area contributed by atoms with Crippen LogP contribution in [0.2, 0.25) is 0 Å². The molecule has 3 nitrogen and oxygen atoms in total. The predicted molar refractivity (Wildman–Crippen MR) is 62.9 cm³/mol. The van der Waals surface area contributed by atoms with Crippen LogP contribution in [0.15, 0.2) is 22.8 Å². The van der Waals surface area contributed by atoms with Crippen molar-refractivity contribution in [2.24, 2.45) is 0 Å². The van der Waals surface area contributed by atoms with Crippen LogP contribution in [0.5, 0.6) is 0 Å². The SMILES string of the molecule is CC[C@H](C)NC[C@H](c1ccco1)N(C)C. The van der Waals surface area contributed by atoms with Gasteiger partial charge < -0.3 is 9.73 Å². The van der Waals surface area contributed by atoms with Gasteiger partial charge in [-0.3, -0.25) is 4.90 Å². The van der Waals surface area contributed by atoms with Gasteiger partial charge in [-0.05, 0) is 39.6 Å². The average molecular weight is 210 g/mol. The molecule has 3 heteroatoms. The first-order chi connectivity index (χ1) is 7.15. The van der Waals surface area contributed by atoms with Gasteiger partial charge in [-0.2, -0.15) is 0 Å². The maximum absolute atomic E-state index is 5.44. The van der Waals surface area contributed by atoms with Crippen molar-refractivity contribution in [1.82, 2.24) is 10.2 Å². The van der Waals surface area contributed by atoms with Crippen molar-refractivity contribution in [1.29, 1.82) is 0 Å². The zero-order valence-corrected chi connectivity index (χ0v) is 10.2. The molecule has 0 aliphatic carbocycles. The third-order valence-electron chi connectivity index (χ3n) is 2.77. The molecule has 0 amide bonds. The molecule has 1 aromatic rings. The quantitative estimate of drug-likeness (QED) is 0.780. The Morgan fingerprint density at radius 1 is 1.47 bits per heavy atom. The summed E-state index contributed by atoms with van der Waals surface area (Å²) in [6.07, 6.45) is 2.88. The Hall–Kier alpha value is -0.800. The Morgan fingerprint density at radius 3 is 2.67 bits per heavy atom. The van der Waals surface area contributed by atoms with E-state index in [4.69, 9.17) is 4.42 Å². The minimum Gasteiger partial charge on any atom is -0.468 e. The molecular formula is C12H22N2O. The van der Waals surface area contributed by atoms with Gasteiger partial charge in [-0.1, -0.05) is 6.92 Å². The summed E-state index contributed by atoms with van der Waals surface area (Å²) >= 11 is 0. The molecule has 0 unspecified atom stereocenters.